The van der Waals surface area contributed by atoms with Crippen LogP contribution >= 0.6 is 0 Å². The normalized spacial score (nSPS) is 17.8. The number of likely N-dealkylation sites (N-methyl/N-ethyl adjacent to an activating group) is 1. The van der Waals surface area contributed by atoms with Gasteiger partial charge in [0.2, 0.25) is 0 Å². The maximum atomic E-state index is 5.81. The average molecular weight is 203 g/mol. The standard InChI is InChI=1S/C11H25NO2/c1-6-11(12-5)10(4)14-9(3)8-13-7-2/h9-12H,6-8H2,1-5H3. The van der Waals surface area contributed by atoms with E-state index < -0.39 is 0 Å². The molecule has 0 heterocycles. The monoisotopic (exact) mass is 203 g/mol. The minimum Gasteiger partial charge on any atom is -0.379 e. The van der Waals surface area contributed by atoms with Gasteiger partial charge < -0.3 is 14.8 Å². The van der Waals surface area contributed by atoms with Gasteiger partial charge in [-0.15, -0.1) is 0 Å². The molecular formula is C11H25NO2. The summed E-state index contributed by atoms with van der Waals surface area (Å²) in [6, 6.07) is 0.430. The van der Waals surface area contributed by atoms with Crippen molar-refractivity contribution in [2.75, 3.05) is 20.3 Å². The summed E-state index contributed by atoms with van der Waals surface area (Å²) in [5.74, 6) is 0. The molecule has 0 fully saturated rings. The molecule has 0 spiro atoms. The topological polar surface area (TPSA) is 30.5 Å². The molecule has 0 radical (unpaired) electrons. The van der Waals surface area contributed by atoms with Crippen LogP contribution in [0.1, 0.15) is 34.1 Å². The molecule has 86 valence electrons. The van der Waals surface area contributed by atoms with Crippen LogP contribution in [0.5, 0.6) is 0 Å². The van der Waals surface area contributed by atoms with Gasteiger partial charge in [-0.25, -0.2) is 0 Å². The average Bonchev–Trinajstić information content (AvgIpc) is 2.16. The third-order valence-corrected chi connectivity index (χ3v) is 2.38. The Morgan fingerprint density at radius 3 is 2.29 bits per heavy atom. The third-order valence-electron chi connectivity index (χ3n) is 2.38. The molecule has 0 saturated heterocycles. The Hall–Kier alpha value is -0.120. The van der Waals surface area contributed by atoms with Gasteiger partial charge in [-0.2, -0.15) is 0 Å². The molecule has 3 atom stereocenters. The summed E-state index contributed by atoms with van der Waals surface area (Å²) < 4.78 is 11.1. The fourth-order valence-electron chi connectivity index (χ4n) is 1.56. The first-order chi connectivity index (χ1) is 6.65. The van der Waals surface area contributed by atoms with Crippen LogP contribution in [-0.4, -0.2) is 38.5 Å². The molecule has 0 aromatic rings. The first-order valence-corrected chi connectivity index (χ1v) is 5.56. The van der Waals surface area contributed by atoms with Gasteiger partial charge in [-0.3, -0.25) is 0 Å². The second kappa shape index (κ2) is 8.21. The molecule has 0 aliphatic carbocycles. The van der Waals surface area contributed by atoms with Crippen LogP contribution in [0, 0.1) is 0 Å². The Labute approximate surface area is 88.2 Å². The molecule has 0 rings (SSSR count). The highest BCUT2D eigenvalue weighted by Gasteiger charge is 2.16. The number of ether oxygens (including phenoxy) is 2. The fourth-order valence-corrected chi connectivity index (χ4v) is 1.56. The van der Waals surface area contributed by atoms with Crippen molar-refractivity contribution >= 4 is 0 Å². The maximum absolute atomic E-state index is 5.81. The summed E-state index contributed by atoms with van der Waals surface area (Å²) in [6.45, 7) is 9.75. The molecule has 1 N–H and O–H groups in total. The van der Waals surface area contributed by atoms with Crippen molar-refractivity contribution in [2.45, 2.75) is 52.4 Å². The molecule has 0 aliphatic heterocycles. The zero-order chi connectivity index (χ0) is 11.0. The van der Waals surface area contributed by atoms with Crippen LogP contribution in [0.15, 0.2) is 0 Å². The van der Waals surface area contributed by atoms with Gasteiger partial charge in [0.15, 0.2) is 0 Å². The summed E-state index contributed by atoms with van der Waals surface area (Å²) in [6.07, 6.45) is 1.49. The van der Waals surface area contributed by atoms with Crippen molar-refractivity contribution in [3.8, 4) is 0 Å². The van der Waals surface area contributed by atoms with E-state index in [9.17, 15) is 0 Å². The lowest BCUT2D eigenvalue weighted by atomic mass is 10.1. The lowest BCUT2D eigenvalue weighted by molar-refractivity contribution is -0.0516. The van der Waals surface area contributed by atoms with E-state index in [0.29, 0.717) is 12.6 Å². The van der Waals surface area contributed by atoms with Gasteiger partial charge >= 0.3 is 0 Å². The molecule has 3 nitrogen and oxygen atoms in total. The summed E-state index contributed by atoms with van der Waals surface area (Å²) in [4.78, 5) is 0. The van der Waals surface area contributed by atoms with E-state index in [4.69, 9.17) is 9.47 Å². The SMILES string of the molecule is CCOCC(C)OC(C)C(CC)NC. The van der Waals surface area contributed by atoms with Crippen molar-refractivity contribution in [3.63, 3.8) is 0 Å². The van der Waals surface area contributed by atoms with Gasteiger partial charge in [-0.05, 0) is 34.2 Å². The van der Waals surface area contributed by atoms with Crippen molar-refractivity contribution in [3.05, 3.63) is 0 Å². The van der Waals surface area contributed by atoms with Crippen LogP contribution in [0.25, 0.3) is 0 Å². The molecule has 3 heteroatoms. The Balaban J connectivity index is 3.73. The minimum absolute atomic E-state index is 0.173. The van der Waals surface area contributed by atoms with Crippen molar-refractivity contribution in [1.82, 2.24) is 5.32 Å². The zero-order valence-corrected chi connectivity index (χ0v) is 10.2. The van der Waals surface area contributed by atoms with E-state index in [-0.39, 0.29) is 12.2 Å². The second-order valence-electron chi connectivity index (χ2n) is 3.61. The zero-order valence-electron chi connectivity index (χ0n) is 10.2. The number of hydrogen-bond acceptors (Lipinski definition) is 3. The Kier molecular flexibility index (Phi) is 8.14. The van der Waals surface area contributed by atoms with E-state index in [1.807, 2.05) is 14.0 Å². The first kappa shape index (κ1) is 13.9. The lowest BCUT2D eigenvalue weighted by Crippen LogP contribution is -2.39. The van der Waals surface area contributed by atoms with Gasteiger partial charge in [0.25, 0.3) is 0 Å². The summed E-state index contributed by atoms with van der Waals surface area (Å²) >= 11 is 0. The van der Waals surface area contributed by atoms with Crippen molar-refractivity contribution in [1.29, 1.82) is 0 Å². The maximum Gasteiger partial charge on any atom is 0.0784 e. The van der Waals surface area contributed by atoms with Gasteiger partial charge in [0, 0.05) is 12.6 Å². The Morgan fingerprint density at radius 1 is 1.21 bits per heavy atom. The largest absolute Gasteiger partial charge is 0.379 e. The van der Waals surface area contributed by atoms with Crippen LogP contribution in [0.2, 0.25) is 0 Å². The van der Waals surface area contributed by atoms with E-state index in [1.54, 1.807) is 0 Å². The van der Waals surface area contributed by atoms with E-state index in [2.05, 4.69) is 26.1 Å². The minimum atomic E-state index is 0.173. The summed E-state index contributed by atoms with van der Waals surface area (Å²) in [7, 11) is 1.97. The highest BCUT2D eigenvalue weighted by atomic mass is 16.5. The molecular weight excluding hydrogens is 178 g/mol. The van der Waals surface area contributed by atoms with Crippen LogP contribution in [-0.2, 0) is 9.47 Å². The Bertz CT molecular complexity index is 126. The molecule has 0 aromatic carbocycles. The van der Waals surface area contributed by atoms with Crippen molar-refractivity contribution in [2.24, 2.45) is 0 Å². The van der Waals surface area contributed by atoms with Gasteiger partial charge in [0.05, 0.1) is 18.8 Å². The molecule has 0 saturated carbocycles. The highest BCUT2D eigenvalue weighted by Crippen LogP contribution is 2.06. The predicted molar refractivity (Wildman–Crippen MR) is 59.6 cm³/mol. The van der Waals surface area contributed by atoms with Crippen molar-refractivity contribution < 1.29 is 9.47 Å². The number of rotatable bonds is 8. The van der Waals surface area contributed by atoms with Crippen LogP contribution in [0.4, 0.5) is 0 Å². The Morgan fingerprint density at radius 2 is 1.86 bits per heavy atom. The number of hydrogen-bond donors (Lipinski definition) is 1. The van der Waals surface area contributed by atoms with Gasteiger partial charge in [0.1, 0.15) is 0 Å². The van der Waals surface area contributed by atoms with E-state index >= 15 is 0 Å². The van der Waals surface area contributed by atoms with E-state index in [0.717, 1.165) is 13.0 Å². The second-order valence-corrected chi connectivity index (χ2v) is 3.61. The third kappa shape index (κ3) is 5.58. The molecule has 0 bridgehead atoms. The molecule has 14 heavy (non-hydrogen) atoms. The van der Waals surface area contributed by atoms with E-state index in [1.165, 1.54) is 0 Å². The molecule has 0 amide bonds. The molecule has 0 aliphatic rings. The van der Waals surface area contributed by atoms with Crippen LogP contribution in [0.3, 0.4) is 0 Å². The van der Waals surface area contributed by atoms with Gasteiger partial charge in [-0.1, -0.05) is 6.92 Å². The quantitative estimate of drug-likeness (QED) is 0.652. The smallest absolute Gasteiger partial charge is 0.0784 e. The number of nitrogens with one attached hydrogen (secondary N) is 1. The predicted octanol–water partition coefficient (Wildman–Crippen LogP) is 1.81. The van der Waals surface area contributed by atoms with Crippen LogP contribution < -0.4 is 5.32 Å². The highest BCUT2D eigenvalue weighted by molar-refractivity contribution is 4.71. The molecule has 3 unspecified atom stereocenters. The fraction of sp³-hybridized carbons (Fsp3) is 1.00. The lowest BCUT2D eigenvalue weighted by Gasteiger charge is -2.25. The summed E-state index contributed by atoms with van der Waals surface area (Å²) in [5.41, 5.74) is 0. The first-order valence-electron chi connectivity index (χ1n) is 5.56. The molecule has 0 aromatic heterocycles. The summed E-state index contributed by atoms with van der Waals surface area (Å²) in [5, 5.41) is 3.25.